The van der Waals surface area contributed by atoms with E-state index in [0.717, 1.165) is 5.56 Å². The second-order valence-electron chi connectivity index (χ2n) is 5.15. The van der Waals surface area contributed by atoms with Crippen LogP contribution in [0.4, 0.5) is 5.69 Å². The number of nitrogens with two attached hydrogens (primary N) is 1. The first-order valence-corrected chi connectivity index (χ1v) is 5.70. The van der Waals surface area contributed by atoms with Gasteiger partial charge in [-0.1, -0.05) is 57.1 Å². The van der Waals surface area contributed by atoms with Crippen molar-refractivity contribution in [1.29, 1.82) is 0 Å². The second-order valence-corrected chi connectivity index (χ2v) is 5.15. The summed E-state index contributed by atoms with van der Waals surface area (Å²) in [5.74, 6) is 0. The Morgan fingerprint density at radius 1 is 1.06 bits per heavy atom. The van der Waals surface area contributed by atoms with Crippen LogP contribution in [0.2, 0.25) is 0 Å². The molecule has 0 radical (unpaired) electrons. The van der Waals surface area contributed by atoms with Crippen molar-refractivity contribution in [3.05, 3.63) is 54.0 Å². The summed E-state index contributed by atoms with van der Waals surface area (Å²) in [5.41, 5.74) is 7.77. The Balaban J connectivity index is 2.87. The third-order valence-corrected chi connectivity index (χ3v) is 2.65. The highest BCUT2D eigenvalue weighted by Gasteiger charge is 2.15. The molecule has 1 nitrogen and oxygen atoms in total. The van der Waals surface area contributed by atoms with Crippen LogP contribution < -0.4 is 5.73 Å². The van der Waals surface area contributed by atoms with Crippen LogP contribution in [-0.4, -0.2) is 0 Å². The van der Waals surface area contributed by atoms with Crippen LogP contribution in [0.25, 0.3) is 11.1 Å². The molecular formula is C16H19N. The van der Waals surface area contributed by atoms with Gasteiger partial charge in [-0.15, -0.1) is 0 Å². The van der Waals surface area contributed by atoms with Gasteiger partial charge in [-0.3, -0.25) is 0 Å². The highest BCUT2D eigenvalue weighted by atomic mass is 14.6. The molecule has 2 N–H and O–H groups in total. The van der Waals surface area contributed by atoms with Gasteiger partial charge in [0.25, 0.3) is 0 Å². The molecule has 0 amide bonds. The zero-order valence-corrected chi connectivity index (χ0v) is 10.5. The molecule has 1 heteroatoms. The van der Waals surface area contributed by atoms with Crippen molar-refractivity contribution in [3.63, 3.8) is 0 Å². The molecule has 0 fully saturated rings. The van der Waals surface area contributed by atoms with E-state index in [1.807, 2.05) is 51.1 Å². The van der Waals surface area contributed by atoms with Gasteiger partial charge in [-0.05, 0) is 28.6 Å². The van der Waals surface area contributed by atoms with E-state index in [1.165, 1.54) is 0 Å². The van der Waals surface area contributed by atoms with Crippen LogP contribution in [0.5, 0.6) is 0 Å². The number of hydrogen-bond donors (Lipinski definition) is 1. The maximum absolute atomic E-state index is 8.43. The lowest BCUT2D eigenvalue weighted by atomic mass is 9.85. The number of benzene rings is 2. The molecule has 0 saturated heterocycles. The van der Waals surface area contributed by atoms with Crippen molar-refractivity contribution < 1.29 is 4.11 Å². The van der Waals surface area contributed by atoms with E-state index in [-0.39, 0.29) is 29.2 Å². The summed E-state index contributed by atoms with van der Waals surface area (Å²) in [5, 5.41) is 0. The molecule has 17 heavy (non-hydrogen) atoms. The van der Waals surface area contributed by atoms with Crippen molar-refractivity contribution >= 4 is 5.69 Å². The zero-order chi connectivity index (χ0) is 15.1. The Morgan fingerprint density at radius 3 is 2.29 bits per heavy atom. The Hall–Kier alpha value is -1.76. The second kappa shape index (κ2) is 4.25. The molecule has 0 spiro atoms. The minimum atomic E-state index is -0.374. The van der Waals surface area contributed by atoms with E-state index >= 15 is 0 Å². The van der Waals surface area contributed by atoms with E-state index in [1.54, 1.807) is 0 Å². The Kier molecular flexibility index (Phi) is 2.09. The first-order valence-electron chi connectivity index (χ1n) is 7.20. The van der Waals surface area contributed by atoms with Gasteiger partial charge in [0.2, 0.25) is 0 Å². The van der Waals surface area contributed by atoms with Crippen molar-refractivity contribution in [3.8, 4) is 11.1 Å². The summed E-state index contributed by atoms with van der Waals surface area (Å²) in [6, 6.07) is 9.71. The van der Waals surface area contributed by atoms with Crippen LogP contribution in [0, 0.1) is 0 Å². The van der Waals surface area contributed by atoms with Crippen molar-refractivity contribution in [2.45, 2.75) is 26.2 Å². The average molecular weight is 228 g/mol. The fourth-order valence-corrected chi connectivity index (χ4v) is 1.62. The zero-order valence-electron chi connectivity index (χ0n) is 13.5. The third kappa shape index (κ3) is 2.50. The number of rotatable bonds is 1. The highest BCUT2D eigenvalue weighted by Crippen LogP contribution is 2.31. The molecule has 0 atom stereocenters. The minimum Gasteiger partial charge on any atom is -0.398 e. The van der Waals surface area contributed by atoms with E-state index in [2.05, 4.69) is 0 Å². The molecule has 0 unspecified atom stereocenters. The van der Waals surface area contributed by atoms with Gasteiger partial charge in [-0.25, -0.2) is 0 Å². The average Bonchev–Trinajstić information content (AvgIpc) is 2.36. The molecule has 0 aliphatic carbocycles. The number of anilines is 1. The molecule has 0 aliphatic heterocycles. The summed E-state index contributed by atoms with van der Waals surface area (Å²) in [6.07, 6.45) is 0. The summed E-state index contributed by atoms with van der Waals surface area (Å²) in [4.78, 5) is 0. The normalized spacial score (nSPS) is 13.9. The number of hydrogen-bond acceptors (Lipinski definition) is 1. The molecular weight excluding hydrogens is 206 g/mol. The topological polar surface area (TPSA) is 26.0 Å². The van der Waals surface area contributed by atoms with Gasteiger partial charge in [0.05, 0.1) is 4.11 Å². The summed E-state index contributed by atoms with van der Waals surface area (Å²) < 4.78 is 24.6. The molecule has 0 aromatic heterocycles. The predicted molar refractivity (Wildman–Crippen MR) is 75.0 cm³/mol. The van der Waals surface area contributed by atoms with Crippen LogP contribution in [0.15, 0.2) is 48.5 Å². The monoisotopic (exact) mass is 228 g/mol. The molecule has 2 aromatic rings. The standard InChI is InChI=1S/C16H19N/c1-16(2,3)13-9-10-15(17)14(11-13)12-7-5-4-6-8-12/h4-11H,17H2,1-3H3/i9D,10D,11D. The van der Waals surface area contributed by atoms with Crippen LogP contribution in [0.3, 0.4) is 0 Å². The Bertz CT molecular complexity index is 643. The van der Waals surface area contributed by atoms with Gasteiger partial charge in [0.15, 0.2) is 0 Å². The van der Waals surface area contributed by atoms with E-state index < -0.39 is 0 Å². The molecule has 0 saturated carbocycles. The number of nitrogen functional groups attached to an aromatic ring is 1. The van der Waals surface area contributed by atoms with Crippen LogP contribution >= 0.6 is 0 Å². The van der Waals surface area contributed by atoms with Gasteiger partial charge < -0.3 is 5.73 Å². The van der Waals surface area contributed by atoms with Gasteiger partial charge in [0, 0.05) is 11.3 Å². The molecule has 88 valence electrons. The van der Waals surface area contributed by atoms with Crippen molar-refractivity contribution in [2.24, 2.45) is 0 Å². The molecule has 0 aliphatic rings. The lowest BCUT2D eigenvalue weighted by Crippen LogP contribution is -2.11. The largest absolute Gasteiger partial charge is 0.398 e. The molecule has 0 bridgehead atoms. The van der Waals surface area contributed by atoms with E-state index in [4.69, 9.17) is 9.85 Å². The molecule has 2 aromatic carbocycles. The van der Waals surface area contributed by atoms with Crippen molar-refractivity contribution in [2.75, 3.05) is 5.73 Å². The molecule has 0 heterocycles. The fraction of sp³-hybridized carbons (Fsp3) is 0.250. The van der Waals surface area contributed by atoms with Crippen LogP contribution in [0.1, 0.15) is 30.4 Å². The quantitative estimate of drug-likeness (QED) is 0.726. The Morgan fingerprint density at radius 2 is 1.71 bits per heavy atom. The maximum atomic E-state index is 8.43. The lowest BCUT2D eigenvalue weighted by molar-refractivity contribution is 0.590. The third-order valence-electron chi connectivity index (χ3n) is 2.65. The van der Waals surface area contributed by atoms with E-state index in [9.17, 15) is 0 Å². The van der Waals surface area contributed by atoms with Crippen molar-refractivity contribution in [1.82, 2.24) is 0 Å². The summed E-state index contributed by atoms with van der Waals surface area (Å²) in [7, 11) is 0. The summed E-state index contributed by atoms with van der Waals surface area (Å²) in [6.45, 7) is 5.84. The van der Waals surface area contributed by atoms with Gasteiger partial charge in [-0.2, -0.15) is 0 Å². The summed E-state index contributed by atoms with van der Waals surface area (Å²) >= 11 is 0. The molecule has 2 rings (SSSR count). The highest BCUT2D eigenvalue weighted by molar-refractivity contribution is 5.77. The SMILES string of the molecule is [2H]c1c([2H])c(C(C)(C)C)c([2H])c(-c2ccccc2)c1N. The predicted octanol–water partition coefficient (Wildman–Crippen LogP) is 4.23. The van der Waals surface area contributed by atoms with Gasteiger partial charge in [0.1, 0.15) is 0 Å². The first kappa shape index (κ1) is 8.35. The lowest BCUT2D eigenvalue weighted by Gasteiger charge is -2.20. The minimum absolute atomic E-state index is 0.00442. The maximum Gasteiger partial charge on any atom is 0.0645 e. The van der Waals surface area contributed by atoms with Gasteiger partial charge >= 0.3 is 0 Å². The fourth-order valence-electron chi connectivity index (χ4n) is 1.62. The Labute approximate surface area is 108 Å². The first-order chi connectivity index (χ1) is 9.25. The smallest absolute Gasteiger partial charge is 0.0645 e. The van der Waals surface area contributed by atoms with Crippen LogP contribution in [-0.2, 0) is 5.41 Å². The van der Waals surface area contributed by atoms with E-state index in [0.29, 0.717) is 11.1 Å².